The van der Waals surface area contributed by atoms with Gasteiger partial charge in [0.2, 0.25) is 0 Å². The molecule has 7 heteroatoms. The molecule has 0 atom stereocenters. The van der Waals surface area contributed by atoms with Crippen molar-refractivity contribution in [3.8, 4) is 5.75 Å². The molecule has 0 radical (unpaired) electrons. The number of ether oxygens (including phenoxy) is 1. The van der Waals surface area contributed by atoms with Crippen LogP contribution < -0.4 is 19.9 Å². The highest BCUT2D eigenvalue weighted by Gasteiger charge is 2.17. The van der Waals surface area contributed by atoms with E-state index in [1.165, 1.54) is 19.3 Å². The van der Waals surface area contributed by atoms with Crippen molar-refractivity contribution in [1.82, 2.24) is 0 Å². The smallest absolute Gasteiger partial charge is 0.326 e. The number of benzene rings is 3. The lowest BCUT2D eigenvalue weighted by molar-refractivity contribution is -0.134. The zero-order valence-electron chi connectivity index (χ0n) is 23.6. The maximum atomic E-state index is 13.4. The summed E-state index contributed by atoms with van der Waals surface area (Å²) >= 11 is 1.61. The molecule has 0 spiro atoms. The molecule has 39 heavy (non-hydrogen) atoms. The molecule has 0 heterocycles. The van der Waals surface area contributed by atoms with Gasteiger partial charge in [0.1, 0.15) is 5.75 Å². The van der Waals surface area contributed by atoms with Crippen LogP contribution in [0.5, 0.6) is 5.75 Å². The molecular weight excluding hydrogens is 506 g/mol. The third kappa shape index (κ3) is 9.98. The molecule has 0 aromatic heterocycles. The summed E-state index contributed by atoms with van der Waals surface area (Å²) in [7, 11) is 3.99. The Bertz CT molecular complexity index is 1180. The number of hydrogen-bond acceptors (Lipinski definition) is 5. The van der Waals surface area contributed by atoms with E-state index in [0.717, 1.165) is 46.1 Å². The van der Waals surface area contributed by atoms with Gasteiger partial charge >= 0.3 is 12.0 Å². The summed E-state index contributed by atoms with van der Waals surface area (Å²) < 4.78 is 5.36. The quantitative estimate of drug-likeness (QED) is 0.124. The largest absolute Gasteiger partial charge is 0.427 e. The fraction of sp³-hybridized carbons (Fsp3) is 0.375. The summed E-state index contributed by atoms with van der Waals surface area (Å²) in [4.78, 5) is 31.1. The Hall–Kier alpha value is -3.45. The normalized spacial score (nSPS) is 10.7. The van der Waals surface area contributed by atoms with Gasteiger partial charge in [0.05, 0.1) is 0 Å². The van der Waals surface area contributed by atoms with E-state index < -0.39 is 0 Å². The van der Waals surface area contributed by atoms with Crippen LogP contribution in [0.3, 0.4) is 0 Å². The highest BCUT2D eigenvalue weighted by atomic mass is 32.2. The molecular formula is C32H41N3O3S. The maximum absolute atomic E-state index is 13.4. The summed E-state index contributed by atoms with van der Waals surface area (Å²) in [5.41, 5.74) is 2.72. The van der Waals surface area contributed by atoms with E-state index in [9.17, 15) is 9.59 Å². The van der Waals surface area contributed by atoms with Crippen LogP contribution in [0.2, 0.25) is 0 Å². The average Bonchev–Trinajstić information content (AvgIpc) is 2.92. The molecule has 3 aromatic carbocycles. The van der Waals surface area contributed by atoms with E-state index in [2.05, 4.69) is 18.3 Å². The third-order valence-corrected chi connectivity index (χ3v) is 7.24. The van der Waals surface area contributed by atoms with Crippen LogP contribution in [0.25, 0.3) is 0 Å². The Kier molecular flexibility index (Phi) is 12.2. The Balaban J connectivity index is 1.72. The Labute approximate surface area is 237 Å². The zero-order valence-corrected chi connectivity index (χ0v) is 24.4. The number of amides is 2. The minimum atomic E-state index is -0.215. The molecule has 208 valence electrons. The van der Waals surface area contributed by atoms with Gasteiger partial charge in [-0.15, -0.1) is 0 Å². The number of nitrogens with one attached hydrogen (secondary N) is 1. The average molecular weight is 548 g/mol. The first kappa shape index (κ1) is 30.1. The molecule has 3 aromatic rings. The van der Waals surface area contributed by atoms with Crippen molar-refractivity contribution in [3.63, 3.8) is 0 Å². The van der Waals surface area contributed by atoms with E-state index in [-0.39, 0.29) is 12.0 Å². The Morgan fingerprint density at radius 2 is 1.51 bits per heavy atom. The highest BCUT2D eigenvalue weighted by Crippen LogP contribution is 2.32. The molecule has 0 saturated heterocycles. The van der Waals surface area contributed by atoms with Gasteiger partial charge in [0.25, 0.3) is 0 Å². The second-order valence-electron chi connectivity index (χ2n) is 9.73. The topological polar surface area (TPSA) is 61.9 Å². The number of esters is 1. The first-order valence-corrected chi connectivity index (χ1v) is 14.7. The van der Waals surface area contributed by atoms with E-state index in [1.807, 2.05) is 97.5 Å². The zero-order chi connectivity index (χ0) is 28.0. The first-order chi connectivity index (χ1) is 18.9. The van der Waals surface area contributed by atoms with Crippen molar-refractivity contribution in [1.29, 1.82) is 0 Å². The molecule has 0 fully saturated rings. The molecule has 3 rings (SSSR count). The van der Waals surface area contributed by atoms with Crippen LogP contribution in [0, 0.1) is 0 Å². The summed E-state index contributed by atoms with van der Waals surface area (Å²) in [6, 6.07) is 23.3. The Morgan fingerprint density at radius 1 is 0.795 bits per heavy atom. The van der Waals surface area contributed by atoms with Crippen molar-refractivity contribution in [3.05, 3.63) is 72.8 Å². The number of urea groups is 1. The van der Waals surface area contributed by atoms with Crippen molar-refractivity contribution < 1.29 is 14.3 Å². The number of nitrogens with zero attached hydrogens (tertiary/aromatic N) is 2. The third-order valence-electron chi connectivity index (χ3n) is 6.24. The molecule has 0 aliphatic carbocycles. The molecule has 0 unspecified atom stereocenters. The summed E-state index contributed by atoms with van der Waals surface area (Å²) in [6.07, 6.45) is 6.80. The number of anilines is 3. The van der Waals surface area contributed by atoms with Gasteiger partial charge in [0, 0.05) is 53.9 Å². The lowest BCUT2D eigenvalue weighted by Crippen LogP contribution is -2.35. The molecule has 6 nitrogen and oxygen atoms in total. The predicted octanol–water partition coefficient (Wildman–Crippen LogP) is 8.62. The second-order valence-corrected chi connectivity index (χ2v) is 10.9. The van der Waals surface area contributed by atoms with E-state index in [1.54, 1.807) is 11.8 Å². The van der Waals surface area contributed by atoms with Crippen LogP contribution in [0.4, 0.5) is 21.9 Å². The lowest BCUT2D eigenvalue weighted by atomic mass is 10.1. The van der Waals surface area contributed by atoms with Gasteiger partial charge in [-0.3, -0.25) is 9.69 Å². The minimum absolute atomic E-state index is 0.136. The monoisotopic (exact) mass is 547 g/mol. The first-order valence-electron chi connectivity index (χ1n) is 13.8. The van der Waals surface area contributed by atoms with Crippen molar-refractivity contribution in [2.75, 3.05) is 35.8 Å². The number of hydrogen-bond donors (Lipinski definition) is 1. The molecule has 0 aliphatic rings. The fourth-order valence-corrected chi connectivity index (χ4v) is 4.94. The standard InChI is InChI=1S/C32H41N3O3S/c1-5-7-8-9-10-23-35(32(37)33-25-15-17-26(18-16-25)34(3)4)27-13-11-14-30(24-27)39-29-21-19-28(20-22-29)38-31(36)12-6-2/h11,13-22,24H,5-10,12,23H2,1-4H3,(H,33,37). The van der Waals surface area contributed by atoms with Crippen LogP contribution in [0.15, 0.2) is 82.6 Å². The summed E-state index contributed by atoms with van der Waals surface area (Å²) in [6.45, 7) is 4.81. The van der Waals surface area contributed by atoms with Gasteiger partial charge in [-0.05, 0) is 79.6 Å². The molecule has 0 bridgehead atoms. The van der Waals surface area contributed by atoms with E-state index >= 15 is 0 Å². The number of rotatable bonds is 14. The van der Waals surface area contributed by atoms with Gasteiger partial charge in [0.15, 0.2) is 0 Å². The van der Waals surface area contributed by atoms with Crippen LogP contribution in [0.1, 0.15) is 58.8 Å². The van der Waals surface area contributed by atoms with E-state index in [4.69, 9.17) is 4.74 Å². The van der Waals surface area contributed by atoms with Crippen molar-refractivity contribution in [2.45, 2.75) is 68.6 Å². The molecule has 0 aliphatic heterocycles. The second kappa shape index (κ2) is 15.8. The SMILES string of the molecule is CCCCCCCN(C(=O)Nc1ccc(N(C)C)cc1)c1cccc(Sc2ccc(OC(=O)CCC)cc2)c1. The van der Waals surface area contributed by atoms with Gasteiger partial charge in [-0.1, -0.05) is 57.4 Å². The number of unbranched alkanes of at least 4 members (excludes halogenated alkanes) is 4. The van der Waals surface area contributed by atoms with Crippen LogP contribution in [-0.4, -0.2) is 32.6 Å². The van der Waals surface area contributed by atoms with Crippen LogP contribution >= 0.6 is 11.8 Å². The lowest BCUT2D eigenvalue weighted by Gasteiger charge is -2.24. The summed E-state index contributed by atoms with van der Waals surface area (Å²) in [5, 5.41) is 3.08. The van der Waals surface area contributed by atoms with Gasteiger partial charge in [-0.25, -0.2) is 4.79 Å². The van der Waals surface area contributed by atoms with Gasteiger partial charge in [-0.2, -0.15) is 0 Å². The van der Waals surface area contributed by atoms with E-state index in [0.29, 0.717) is 18.7 Å². The number of carbonyl (C=O) groups excluding carboxylic acids is 2. The minimum Gasteiger partial charge on any atom is -0.427 e. The summed E-state index contributed by atoms with van der Waals surface area (Å²) in [5.74, 6) is 0.336. The maximum Gasteiger partial charge on any atom is 0.326 e. The fourth-order valence-electron chi connectivity index (χ4n) is 4.07. The number of carbonyl (C=O) groups is 2. The molecule has 1 N–H and O–H groups in total. The van der Waals surface area contributed by atoms with Gasteiger partial charge < -0.3 is 15.0 Å². The van der Waals surface area contributed by atoms with Crippen LogP contribution in [-0.2, 0) is 4.79 Å². The Morgan fingerprint density at radius 3 is 2.18 bits per heavy atom. The molecule has 2 amide bonds. The molecule has 0 saturated carbocycles. The van der Waals surface area contributed by atoms with Crippen molar-refractivity contribution >= 4 is 40.8 Å². The highest BCUT2D eigenvalue weighted by molar-refractivity contribution is 7.99. The van der Waals surface area contributed by atoms with Crippen molar-refractivity contribution in [2.24, 2.45) is 0 Å². The predicted molar refractivity (Wildman–Crippen MR) is 163 cm³/mol.